The van der Waals surface area contributed by atoms with E-state index in [4.69, 9.17) is 25.7 Å². The quantitative estimate of drug-likeness (QED) is 0.433. The van der Waals surface area contributed by atoms with Crippen LogP contribution in [0.15, 0.2) is 6.33 Å². The molecular weight excluding hydrogens is 442 g/mol. The number of nitrogens with zero attached hydrogens (tertiary/aromatic N) is 3. The molecule has 2 unspecified atom stereocenters. The van der Waals surface area contributed by atoms with E-state index in [0.29, 0.717) is 38.3 Å². The molecule has 0 bridgehead atoms. The fourth-order valence-corrected chi connectivity index (χ4v) is 3.22. The molecule has 1 saturated heterocycles. The van der Waals surface area contributed by atoms with Gasteiger partial charge in [-0.3, -0.25) is 5.32 Å². The number of hydrogen-bond donors (Lipinski definition) is 4. The number of ether oxygens (including phenoxy) is 3. The second-order valence-corrected chi connectivity index (χ2v) is 10.1. The van der Waals surface area contributed by atoms with Crippen molar-refractivity contribution < 1.29 is 23.8 Å². The molecule has 0 radical (unpaired) electrons. The average Bonchev–Trinajstić information content (AvgIpc) is 3.12. The molecule has 12 heteroatoms. The van der Waals surface area contributed by atoms with Crippen LogP contribution in [-0.4, -0.2) is 70.2 Å². The Morgan fingerprint density at radius 3 is 2.38 bits per heavy atom. The summed E-state index contributed by atoms with van der Waals surface area (Å²) < 4.78 is 16.8. The summed E-state index contributed by atoms with van der Waals surface area (Å²) in [7, 11) is 0. The van der Waals surface area contributed by atoms with E-state index in [1.165, 1.54) is 6.33 Å². The van der Waals surface area contributed by atoms with Crippen molar-refractivity contribution in [2.24, 2.45) is 5.73 Å². The smallest absolute Gasteiger partial charge is 0.413 e. The van der Waals surface area contributed by atoms with Gasteiger partial charge < -0.3 is 35.9 Å². The number of carbonyl (C=O) groups excluding carboxylic acids is 2. The van der Waals surface area contributed by atoms with Gasteiger partial charge in [0, 0.05) is 6.54 Å². The molecule has 192 valence electrons. The molecular formula is C22H39N7O5. The van der Waals surface area contributed by atoms with Gasteiger partial charge in [0.25, 0.3) is 0 Å². The van der Waals surface area contributed by atoms with Gasteiger partial charge in [-0.05, 0) is 67.3 Å². The third kappa shape index (κ3) is 9.18. The van der Waals surface area contributed by atoms with E-state index in [1.54, 1.807) is 25.7 Å². The van der Waals surface area contributed by atoms with E-state index in [0.717, 1.165) is 6.42 Å². The molecule has 0 spiro atoms. The number of carbonyl (C=O) groups is 2. The first-order valence-electron chi connectivity index (χ1n) is 11.5. The molecule has 6 N–H and O–H groups in total. The zero-order valence-corrected chi connectivity index (χ0v) is 21.0. The van der Waals surface area contributed by atoms with Crippen molar-refractivity contribution in [3.63, 3.8) is 0 Å². The lowest BCUT2D eigenvalue weighted by Gasteiger charge is -2.29. The minimum absolute atomic E-state index is 0.138. The summed E-state index contributed by atoms with van der Waals surface area (Å²) in [6, 6.07) is 0. The Morgan fingerprint density at radius 2 is 1.76 bits per heavy atom. The predicted molar refractivity (Wildman–Crippen MR) is 129 cm³/mol. The topological polar surface area (TPSA) is 167 Å². The number of aromatic nitrogens is 2. The Kier molecular flexibility index (Phi) is 9.28. The second kappa shape index (κ2) is 11.5. The van der Waals surface area contributed by atoms with Crippen LogP contribution in [0.2, 0.25) is 0 Å². The van der Waals surface area contributed by atoms with Crippen LogP contribution in [0.3, 0.4) is 0 Å². The monoisotopic (exact) mass is 481 g/mol. The Morgan fingerprint density at radius 1 is 1.12 bits per heavy atom. The molecule has 1 aromatic heterocycles. The van der Waals surface area contributed by atoms with E-state index in [-0.39, 0.29) is 29.9 Å². The number of anilines is 3. The highest BCUT2D eigenvalue weighted by Crippen LogP contribution is 2.28. The summed E-state index contributed by atoms with van der Waals surface area (Å²) in [5.74, 6) is 0.470. The highest BCUT2D eigenvalue weighted by atomic mass is 16.6. The van der Waals surface area contributed by atoms with E-state index >= 15 is 0 Å². The van der Waals surface area contributed by atoms with E-state index < -0.39 is 17.3 Å². The van der Waals surface area contributed by atoms with Crippen molar-refractivity contribution in [3.8, 4) is 0 Å². The van der Waals surface area contributed by atoms with Gasteiger partial charge in [0.2, 0.25) is 0 Å². The molecule has 1 aromatic rings. The van der Waals surface area contributed by atoms with Crippen LogP contribution in [0.5, 0.6) is 0 Å². The maximum atomic E-state index is 12.6. The van der Waals surface area contributed by atoms with Crippen molar-refractivity contribution in [2.45, 2.75) is 84.3 Å². The lowest BCUT2D eigenvalue weighted by molar-refractivity contribution is 0.00185. The summed E-state index contributed by atoms with van der Waals surface area (Å²) in [5, 5.41) is 5.67. The number of rotatable bonds is 8. The normalized spacial score (nSPS) is 18.3. The van der Waals surface area contributed by atoms with Gasteiger partial charge in [-0.15, -0.1) is 0 Å². The molecule has 34 heavy (non-hydrogen) atoms. The van der Waals surface area contributed by atoms with E-state index in [9.17, 15) is 9.59 Å². The van der Waals surface area contributed by atoms with Crippen LogP contribution in [0.25, 0.3) is 0 Å². The van der Waals surface area contributed by atoms with Gasteiger partial charge in [-0.2, -0.15) is 0 Å². The molecule has 12 nitrogen and oxygen atoms in total. The van der Waals surface area contributed by atoms with Crippen LogP contribution >= 0.6 is 0 Å². The minimum atomic E-state index is -0.666. The summed E-state index contributed by atoms with van der Waals surface area (Å²) in [6.07, 6.45) is 1.75. The van der Waals surface area contributed by atoms with E-state index in [2.05, 4.69) is 20.6 Å². The number of nitrogens with one attached hydrogen (secondary N) is 2. The zero-order valence-electron chi connectivity index (χ0n) is 21.0. The first-order chi connectivity index (χ1) is 15.8. The van der Waals surface area contributed by atoms with Gasteiger partial charge in [-0.1, -0.05) is 0 Å². The van der Waals surface area contributed by atoms with Crippen molar-refractivity contribution >= 4 is 29.5 Å². The fourth-order valence-electron chi connectivity index (χ4n) is 3.22. The van der Waals surface area contributed by atoms with Crippen LogP contribution in [0.4, 0.5) is 26.9 Å². The highest BCUT2D eigenvalue weighted by Gasteiger charge is 2.31. The Hall–Kier alpha value is -2.86. The molecule has 1 fully saturated rings. The van der Waals surface area contributed by atoms with Crippen molar-refractivity contribution in [2.75, 3.05) is 36.0 Å². The molecule has 2 atom stereocenters. The maximum Gasteiger partial charge on any atom is 0.413 e. The van der Waals surface area contributed by atoms with Crippen molar-refractivity contribution in [1.29, 1.82) is 0 Å². The number of amides is 2. The molecule has 0 aliphatic carbocycles. The molecule has 0 aromatic carbocycles. The van der Waals surface area contributed by atoms with E-state index in [1.807, 2.05) is 20.8 Å². The molecule has 0 saturated carbocycles. The van der Waals surface area contributed by atoms with Crippen molar-refractivity contribution in [3.05, 3.63) is 6.33 Å². The van der Waals surface area contributed by atoms with Crippen LogP contribution < -0.4 is 22.1 Å². The molecule has 2 heterocycles. The Balaban J connectivity index is 1.97. The standard InChI is InChI=1S/C22H39N7O5/c1-21(2,3)33-19(30)28-18-16(24)17(25-13-26-18)27-15-9-8-14(32-15)12-29(11-7-10-23)20(31)34-22(4,5)6/h13-15H,7-12,23-24H2,1-6H3,(H2,25,26,27,28,30). The lowest BCUT2D eigenvalue weighted by Crippen LogP contribution is -2.42. The first kappa shape index (κ1) is 27.4. The molecule has 1 aliphatic rings. The van der Waals surface area contributed by atoms with Gasteiger partial charge in [-0.25, -0.2) is 19.6 Å². The summed E-state index contributed by atoms with van der Waals surface area (Å²) in [6.45, 7) is 12.1. The second-order valence-electron chi connectivity index (χ2n) is 10.1. The Labute approximate surface area is 201 Å². The van der Waals surface area contributed by atoms with Gasteiger partial charge in [0.15, 0.2) is 11.6 Å². The predicted octanol–water partition coefficient (Wildman–Crippen LogP) is 2.91. The number of nitrogen functional groups attached to an aromatic ring is 1. The molecule has 2 amide bonds. The van der Waals surface area contributed by atoms with Crippen LogP contribution in [-0.2, 0) is 14.2 Å². The Bertz CT molecular complexity index is 838. The first-order valence-corrected chi connectivity index (χ1v) is 11.5. The minimum Gasteiger partial charge on any atom is -0.444 e. The highest BCUT2D eigenvalue weighted by molar-refractivity contribution is 5.89. The number of nitrogens with two attached hydrogens (primary N) is 2. The third-order valence-electron chi connectivity index (χ3n) is 4.62. The zero-order chi connectivity index (χ0) is 25.5. The summed E-state index contributed by atoms with van der Waals surface area (Å²) in [5.41, 5.74) is 10.7. The average molecular weight is 482 g/mol. The van der Waals surface area contributed by atoms with Gasteiger partial charge in [0.05, 0.1) is 12.6 Å². The molecule has 1 aliphatic heterocycles. The van der Waals surface area contributed by atoms with Gasteiger partial charge in [0.1, 0.15) is 29.4 Å². The lowest BCUT2D eigenvalue weighted by atomic mass is 10.2. The molecule has 2 rings (SSSR count). The maximum absolute atomic E-state index is 12.6. The SMILES string of the molecule is CC(C)(C)OC(=O)Nc1ncnc(NC2CCC(CN(CCCN)C(=O)OC(C)(C)C)O2)c1N. The van der Waals surface area contributed by atoms with Gasteiger partial charge >= 0.3 is 12.2 Å². The summed E-state index contributed by atoms with van der Waals surface area (Å²) in [4.78, 5) is 34.5. The third-order valence-corrected chi connectivity index (χ3v) is 4.62. The van der Waals surface area contributed by atoms with Crippen LogP contribution in [0.1, 0.15) is 60.8 Å². The van der Waals surface area contributed by atoms with Crippen LogP contribution in [0, 0.1) is 0 Å². The fraction of sp³-hybridized carbons (Fsp3) is 0.727. The largest absolute Gasteiger partial charge is 0.444 e. The van der Waals surface area contributed by atoms with Crippen molar-refractivity contribution in [1.82, 2.24) is 14.9 Å². The summed E-state index contributed by atoms with van der Waals surface area (Å²) >= 11 is 0. The number of hydrogen-bond acceptors (Lipinski definition) is 10.